The molecule has 3 atom stereocenters. The fourth-order valence-electron chi connectivity index (χ4n) is 3.82. The summed E-state index contributed by atoms with van der Waals surface area (Å²) in [6, 6.07) is 0. The highest BCUT2D eigenvalue weighted by molar-refractivity contribution is 4.93. The first kappa shape index (κ1) is 12.4. The lowest BCUT2D eigenvalue weighted by Crippen LogP contribution is -2.51. The van der Waals surface area contributed by atoms with Crippen LogP contribution >= 0.6 is 0 Å². The summed E-state index contributed by atoms with van der Waals surface area (Å²) in [6.07, 6.45) is 6.01. The zero-order chi connectivity index (χ0) is 11.8. The molecule has 3 unspecified atom stereocenters. The summed E-state index contributed by atoms with van der Waals surface area (Å²) in [5.41, 5.74) is 6.07. The number of hydrogen-bond donors (Lipinski definition) is 1. The smallest absolute Gasteiger partial charge is 0.0275 e. The highest BCUT2D eigenvalue weighted by atomic mass is 15.2. The van der Waals surface area contributed by atoms with Crippen LogP contribution in [0, 0.1) is 17.8 Å². The Bertz CT molecular complexity index is 237. The fraction of sp³-hybridized carbons (Fsp3) is 1.00. The molecule has 0 aliphatic heterocycles. The van der Waals surface area contributed by atoms with Crippen molar-refractivity contribution in [2.75, 3.05) is 19.6 Å². The molecule has 2 aliphatic carbocycles. The lowest BCUT2D eigenvalue weighted by Gasteiger charge is -2.40. The summed E-state index contributed by atoms with van der Waals surface area (Å²) >= 11 is 0. The Morgan fingerprint density at radius 2 is 2.00 bits per heavy atom. The molecule has 0 radical (unpaired) electrons. The maximum Gasteiger partial charge on any atom is 0.0275 e. The first-order chi connectivity index (χ1) is 7.56. The predicted octanol–water partition coefficient (Wildman–Crippen LogP) is 2.48. The van der Waals surface area contributed by atoms with Gasteiger partial charge in [-0.3, -0.25) is 4.90 Å². The van der Waals surface area contributed by atoms with Crippen LogP contribution in [-0.4, -0.2) is 30.1 Å². The maximum absolute atomic E-state index is 5.89. The Kier molecular flexibility index (Phi) is 3.60. The summed E-state index contributed by atoms with van der Waals surface area (Å²) in [5.74, 6) is 3.06. The van der Waals surface area contributed by atoms with E-state index in [0.717, 1.165) is 30.8 Å². The number of likely N-dealkylation sites (N-methyl/N-ethyl adjacent to an activating group) is 1. The van der Waals surface area contributed by atoms with Crippen LogP contribution in [0.3, 0.4) is 0 Å². The highest BCUT2D eigenvalue weighted by Gasteiger charge is 2.41. The molecular weight excluding hydrogens is 196 g/mol. The summed E-state index contributed by atoms with van der Waals surface area (Å²) in [4.78, 5) is 2.60. The average Bonchev–Trinajstić information content (AvgIpc) is 2.87. The van der Waals surface area contributed by atoms with Crippen LogP contribution in [0.2, 0.25) is 0 Å². The van der Waals surface area contributed by atoms with E-state index < -0.39 is 0 Å². The Morgan fingerprint density at radius 3 is 2.44 bits per heavy atom. The van der Waals surface area contributed by atoms with Crippen molar-refractivity contribution in [2.45, 2.75) is 52.0 Å². The first-order valence-corrected chi connectivity index (χ1v) is 7.02. The van der Waals surface area contributed by atoms with Gasteiger partial charge in [-0.1, -0.05) is 13.3 Å². The van der Waals surface area contributed by atoms with Gasteiger partial charge < -0.3 is 5.73 Å². The zero-order valence-electron chi connectivity index (χ0n) is 11.2. The van der Waals surface area contributed by atoms with Crippen molar-refractivity contribution >= 4 is 0 Å². The number of fused-ring (bicyclic) bond motifs is 2. The summed E-state index contributed by atoms with van der Waals surface area (Å²) in [7, 11) is 0. The fourth-order valence-corrected chi connectivity index (χ4v) is 3.82. The molecule has 16 heavy (non-hydrogen) atoms. The normalized spacial score (nSPS) is 33.9. The van der Waals surface area contributed by atoms with Crippen LogP contribution in [0.25, 0.3) is 0 Å². The minimum Gasteiger partial charge on any atom is -0.329 e. The third-order valence-corrected chi connectivity index (χ3v) is 5.08. The molecular formula is C14H28N2. The molecule has 94 valence electrons. The van der Waals surface area contributed by atoms with E-state index in [1.54, 1.807) is 0 Å². The van der Waals surface area contributed by atoms with Gasteiger partial charge in [-0.15, -0.1) is 0 Å². The van der Waals surface area contributed by atoms with E-state index in [1.165, 1.54) is 32.2 Å². The molecule has 0 heterocycles. The van der Waals surface area contributed by atoms with Crippen molar-refractivity contribution in [1.29, 1.82) is 0 Å². The molecule has 2 N–H and O–H groups in total. The molecule has 2 bridgehead atoms. The van der Waals surface area contributed by atoms with Crippen molar-refractivity contribution in [3.63, 3.8) is 0 Å². The van der Waals surface area contributed by atoms with Gasteiger partial charge in [0, 0.05) is 18.6 Å². The summed E-state index contributed by atoms with van der Waals surface area (Å²) < 4.78 is 0. The van der Waals surface area contributed by atoms with Crippen LogP contribution in [0.1, 0.15) is 46.5 Å². The van der Waals surface area contributed by atoms with Crippen molar-refractivity contribution < 1.29 is 0 Å². The molecule has 0 aromatic heterocycles. The Labute approximate surface area is 101 Å². The van der Waals surface area contributed by atoms with E-state index in [2.05, 4.69) is 25.7 Å². The van der Waals surface area contributed by atoms with Gasteiger partial charge in [0.1, 0.15) is 0 Å². The van der Waals surface area contributed by atoms with Crippen molar-refractivity contribution in [3.05, 3.63) is 0 Å². The van der Waals surface area contributed by atoms with Crippen LogP contribution in [0.15, 0.2) is 0 Å². The second kappa shape index (κ2) is 4.66. The van der Waals surface area contributed by atoms with E-state index >= 15 is 0 Å². The van der Waals surface area contributed by atoms with Gasteiger partial charge in [-0.2, -0.15) is 0 Å². The van der Waals surface area contributed by atoms with Crippen molar-refractivity contribution in [3.8, 4) is 0 Å². The molecule has 0 aromatic rings. The second-order valence-corrected chi connectivity index (χ2v) is 6.49. The lowest BCUT2D eigenvalue weighted by atomic mass is 9.87. The standard InChI is InChI=1S/C14H28N2/c1-4-16(14(2,3)10-15)9-13-8-11-5-6-12(13)7-11/h11-13H,4-10,15H2,1-3H3. The number of nitrogens with zero attached hydrogens (tertiary/aromatic N) is 1. The van der Waals surface area contributed by atoms with Crippen molar-refractivity contribution in [1.82, 2.24) is 4.90 Å². The zero-order valence-corrected chi connectivity index (χ0v) is 11.2. The van der Waals surface area contributed by atoms with E-state index in [4.69, 9.17) is 5.73 Å². The highest BCUT2D eigenvalue weighted by Crippen LogP contribution is 2.48. The van der Waals surface area contributed by atoms with Gasteiger partial charge >= 0.3 is 0 Å². The summed E-state index contributed by atoms with van der Waals surface area (Å²) in [6.45, 7) is 10.0. The van der Waals surface area contributed by atoms with E-state index in [9.17, 15) is 0 Å². The van der Waals surface area contributed by atoms with Gasteiger partial charge in [0.2, 0.25) is 0 Å². The van der Waals surface area contributed by atoms with Gasteiger partial charge in [0.05, 0.1) is 0 Å². The van der Waals surface area contributed by atoms with Crippen LogP contribution in [-0.2, 0) is 0 Å². The average molecular weight is 224 g/mol. The molecule has 2 rings (SSSR count). The molecule has 0 amide bonds. The largest absolute Gasteiger partial charge is 0.329 e. The Morgan fingerprint density at radius 1 is 1.25 bits per heavy atom. The number of hydrogen-bond acceptors (Lipinski definition) is 2. The van der Waals surface area contributed by atoms with E-state index in [-0.39, 0.29) is 5.54 Å². The third kappa shape index (κ3) is 2.28. The lowest BCUT2D eigenvalue weighted by molar-refractivity contribution is 0.0953. The molecule has 0 aromatic carbocycles. The molecule has 2 aliphatic rings. The molecule has 0 saturated heterocycles. The SMILES string of the molecule is CCN(CC1CC2CCC1C2)C(C)(C)CN. The monoisotopic (exact) mass is 224 g/mol. The van der Waals surface area contributed by atoms with Crippen LogP contribution < -0.4 is 5.73 Å². The number of nitrogens with two attached hydrogens (primary N) is 1. The second-order valence-electron chi connectivity index (χ2n) is 6.49. The van der Waals surface area contributed by atoms with E-state index in [1.807, 2.05) is 0 Å². The van der Waals surface area contributed by atoms with Crippen LogP contribution in [0.5, 0.6) is 0 Å². The quantitative estimate of drug-likeness (QED) is 0.777. The predicted molar refractivity (Wildman–Crippen MR) is 69.3 cm³/mol. The van der Waals surface area contributed by atoms with Crippen LogP contribution in [0.4, 0.5) is 0 Å². The minimum absolute atomic E-state index is 0.177. The van der Waals surface area contributed by atoms with Gasteiger partial charge in [-0.25, -0.2) is 0 Å². The van der Waals surface area contributed by atoms with Gasteiger partial charge in [0.25, 0.3) is 0 Å². The maximum atomic E-state index is 5.89. The third-order valence-electron chi connectivity index (χ3n) is 5.08. The van der Waals surface area contributed by atoms with Gasteiger partial charge in [0.15, 0.2) is 0 Å². The number of rotatable bonds is 5. The minimum atomic E-state index is 0.177. The Balaban J connectivity index is 1.92. The first-order valence-electron chi connectivity index (χ1n) is 7.02. The molecule has 2 nitrogen and oxygen atoms in total. The topological polar surface area (TPSA) is 29.3 Å². The Hall–Kier alpha value is -0.0800. The molecule has 2 fully saturated rings. The molecule has 0 spiro atoms. The van der Waals surface area contributed by atoms with Gasteiger partial charge in [-0.05, 0) is 57.4 Å². The van der Waals surface area contributed by atoms with Crippen molar-refractivity contribution in [2.24, 2.45) is 23.5 Å². The molecule has 2 saturated carbocycles. The van der Waals surface area contributed by atoms with E-state index in [0.29, 0.717) is 0 Å². The molecule has 2 heteroatoms. The summed E-state index contributed by atoms with van der Waals surface area (Å²) in [5, 5.41) is 0.